The average molecular weight is 342 g/mol. The highest BCUT2D eigenvalue weighted by Gasteiger charge is 2.08. The van der Waals surface area contributed by atoms with Crippen molar-refractivity contribution in [3.63, 3.8) is 0 Å². The second-order valence-corrected chi connectivity index (χ2v) is 5.12. The third kappa shape index (κ3) is 3.70. The Kier molecular flexibility index (Phi) is 4.95. The topological polar surface area (TPSA) is 21.3 Å². The molecule has 20 heavy (non-hydrogen) atoms. The number of anilines is 1. The molecule has 0 heterocycles. The molecular formula is C15H14BrF2NO. The summed E-state index contributed by atoms with van der Waals surface area (Å²) >= 11 is 3.14. The minimum Gasteiger partial charge on any atom is -0.497 e. The smallest absolute Gasteiger partial charge is 0.150 e. The van der Waals surface area contributed by atoms with Crippen LogP contribution in [0.25, 0.3) is 0 Å². The van der Waals surface area contributed by atoms with Gasteiger partial charge in [0.05, 0.1) is 12.8 Å². The first kappa shape index (κ1) is 14.8. The molecular weight excluding hydrogens is 328 g/mol. The average Bonchev–Trinajstić information content (AvgIpc) is 2.42. The zero-order chi connectivity index (χ0) is 14.5. The predicted octanol–water partition coefficient (Wildman–Crippen LogP) is 4.39. The Morgan fingerprint density at radius 3 is 2.45 bits per heavy atom. The Labute approximate surface area is 124 Å². The molecule has 2 nitrogen and oxygen atoms in total. The van der Waals surface area contributed by atoms with E-state index >= 15 is 0 Å². The Balaban J connectivity index is 1.95. The van der Waals surface area contributed by atoms with Gasteiger partial charge in [0, 0.05) is 17.1 Å². The summed E-state index contributed by atoms with van der Waals surface area (Å²) in [5.74, 6) is -0.407. The molecule has 0 atom stereocenters. The summed E-state index contributed by atoms with van der Waals surface area (Å²) in [5.41, 5.74) is 1.39. The lowest BCUT2D eigenvalue weighted by Gasteiger charge is -2.10. The van der Waals surface area contributed by atoms with Gasteiger partial charge in [-0.1, -0.05) is 12.1 Å². The third-order valence-corrected chi connectivity index (χ3v) is 3.51. The third-order valence-electron chi connectivity index (χ3n) is 2.88. The van der Waals surface area contributed by atoms with E-state index in [1.165, 1.54) is 6.07 Å². The van der Waals surface area contributed by atoms with Crippen LogP contribution in [0.4, 0.5) is 14.5 Å². The van der Waals surface area contributed by atoms with Gasteiger partial charge in [0.1, 0.15) is 17.4 Å². The van der Waals surface area contributed by atoms with Crippen molar-refractivity contribution in [1.82, 2.24) is 0 Å². The lowest BCUT2D eigenvalue weighted by Crippen LogP contribution is -2.07. The molecule has 0 aliphatic heterocycles. The fourth-order valence-corrected chi connectivity index (χ4v) is 2.38. The second-order valence-electron chi connectivity index (χ2n) is 4.27. The van der Waals surface area contributed by atoms with Crippen LogP contribution in [0.1, 0.15) is 5.56 Å². The van der Waals surface area contributed by atoms with E-state index < -0.39 is 11.6 Å². The van der Waals surface area contributed by atoms with E-state index in [2.05, 4.69) is 21.2 Å². The van der Waals surface area contributed by atoms with Crippen LogP contribution < -0.4 is 10.1 Å². The number of rotatable bonds is 5. The van der Waals surface area contributed by atoms with Crippen molar-refractivity contribution in [3.05, 3.63) is 58.1 Å². The highest BCUT2D eigenvalue weighted by atomic mass is 79.9. The van der Waals surface area contributed by atoms with Crippen LogP contribution in [0.5, 0.6) is 5.75 Å². The number of methoxy groups -OCH3 is 1. The van der Waals surface area contributed by atoms with Gasteiger partial charge in [0.2, 0.25) is 0 Å². The summed E-state index contributed by atoms with van der Waals surface area (Å²) in [4.78, 5) is 0. The van der Waals surface area contributed by atoms with E-state index in [0.29, 0.717) is 11.0 Å². The van der Waals surface area contributed by atoms with E-state index in [9.17, 15) is 8.78 Å². The first-order valence-corrected chi connectivity index (χ1v) is 6.91. The highest BCUT2D eigenvalue weighted by molar-refractivity contribution is 9.10. The van der Waals surface area contributed by atoms with Gasteiger partial charge in [-0.15, -0.1) is 0 Å². The Morgan fingerprint density at radius 2 is 1.85 bits per heavy atom. The van der Waals surface area contributed by atoms with Crippen molar-refractivity contribution in [2.75, 3.05) is 19.0 Å². The number of nitrogens with one attached hydrogen (secondary N) is 1. The van der Waals surface area contributed by atoms with E-state index in [0.717, 1.165) is 23.8 Å². The number of benzene rings is 2. The van der Waals surface area contributed by atoms with Crippen LogP contribution in [0.15, 0.2) is 40.9 Å². The molecule has 106 valence electrons. The molecule has 0 amide bonds. The van der Waals surface area contributed by atoms with E-state index in [1.54, 1.807) is 7.11 Å². The molecule has 0 spiro atoms. The Bertz CT molecular complexity index is 564. The van der Waals surface area contributed by atoms with Crippen LogP contribution in [0, 0.1) is 11.6 Å². The van der Waals surface area contributed by atoms with Crippen molar-refractivity contribution in [1.29, 1.82) is 0 Å². The minimum atomic E-state index is -0.605. The molecule has 0 unspecified atom stereocenters. The lowest BCUT2D eigenvalue weighted by atomic mass is 10.1. The molecule has 0 aromatic heterocycles. The van der Waals surface area contributed by atoms with Crippen molar-refractivity contribution in [3.8, 4) is 5.75 Å². The van der Waals surface area contributed by atoms with Gasteiger partial charge in [0.15, 0.2) is 0 Å². The fraction of sp³-hybridized carbons (Fsp3) is 0.200. The first-order chi connectivity index (χ1) is 9.60. The summed E-state index contributed by atoms with van der Waals surface area (Å²) in [6.07, 6.45) is 0.729. The summed E-state index contributed by atoms with van der Waals surface area (Å²) in [5, 5.41) is 2.97. The van der Waals surface area contributed by atoms with Crippen molar-refractivity contribution < 1.29 is 13.5 Å². The van der Waals surface area contributed by atoms with Crippen molar-refractivity contribution in [2.24, 2.45) is 0 Å². The maximum Gasteiger partial charge on any atom is 0.150 e. The Hall–Kier alpha value is -1.62. The second kappa shape index (κ2) is 6.70. The molecule has 0 aliphatic rings. The van der Waals surface area contributed by atoms with Crippen LogP contribution in [0.3, 0.4) is 0 Å². The number of halogens is 3. The summed E-state index contributed by atoms with van der Waals surface area (Å²) in [6.45, 7) is 0.549. The van der Waals surface area contributed by atoms with E-state index in [4.69, 9.17) is 4.74 Å². The molecule has 2 aromatic rings. The number of hydrogen-bond acceptors (Lipinski definition) is 2. The van der Waals surface area contributed by atoms with E-state index in [1.807, 2.05) is 24.3 Å². The summed E-state index contributed by atoms with van der Waals surface area (Å²) in [6, 6.07) is 9.76. The van der Waals surface area contributed by atoms with Crippen LogP contribution in [-0.2, 0) is 6.42 Å². The molecule has 5 heteroatoms. The van der Waals surface area contributed by atoms with Gasteiger partial charge < -0.3 is 10.1 Å². The predicted molar refractivity (Wildman–Crippen MR) is 79.2 cm³/mol. The molecule has 2 rings (SSSR count). The van der Waals surface area contributed by atoms with Crippen molar-refractivity contribution in [2.45, 2.75) is 6.42 Å². The van der Waals surface area contributed by atoms with Gasteiger partial charge in [0.25, 0.3) is 0 Å². The SMILES string of the molecule is COc1ccc(CCNc2c(F)cc(F)cc2Br)cc1. The normalized spacial score (nSPS) is 10.4. The molecule has 0 saturated heterocycles. The van der Waals surface area contributed by atoms with Gasteiger partial charge in [-0.2, -0.15) is 0 Å². The maximum atomic E-state index is 13.6. The minimum absolute atomic E-state index is 0.278. The zero-order valence-corrected chi connectivity index (χ0v) is 12.5. The zero-order valence-electron chi connectivity index (χ0n) is 10.9. The van der Waals surface area contributed by atoms with Gasteiger partial charge in [-0.05, 0) is 46.1 Å². The van der Waals surface area contributed by atoms with Crippen LogP contribution in [0.2, 0.25) is 0 Å². The molecule has 0 radical (unpaired) electrons. The quantitative estimate of drug-likeness (QED) is 0.870. The number of ether oxygens (including phenoxy) is 1. The van der Waals surface area contributed by atoms with Crippen LogP contribution >= 0.6 is 15.9 Å². The van der Waals surface area contributed by atoms with Gasteiger partial charge in [-0.3, -0.25) is 0 Å². The molecule has 0 fully saturated rings. The maximum absolute atomic E-state index is 13.6. The van der Waals surface area contributed by atoms with Crippen LogP contribution in [-0.4, -0.2) is 13.7 Å². The summed E-state index contributed by atoms with van der Waals surface area (Å²) < 4.78 is 32.0. The molecule has 2 aromatic carbocycles. The van der Waals surface area contributed by atoms with E-state index in [-0.39, 0.29) is 5.69 Å². The lowest BCUT2D eigenvalue weighted by molar-refractivity contribution is 0.414. The largest absolute Gasteiger partial charge is 0.497 e. The molecule has 0 aliphatic carbocycles. The van der Waals surface area contributed by atoms with Gasteiger partial charge in [-0.25, -0.2) is 8.78 Å². The van der Waals surface area contributed by atoms with Gasteiger partial charge >= 0.3 is 0 Å². The number of hydrogen-bond donors (Lipinski definition) is 1. The standard InChI is InChI=1S/C15H14BrF2NO/c1-20-12-4-2-10(3-5-12)6-7-19-15-13(16)8-11(17)9-14(15)18/h2-5,8-9,19H,6-7H2,1H3. The molecule has 0 saturated carbocycles. The molecule has 0 bridgehead atoms. The molecule has 1 N–H and O–H groups in total. The highest BCUT2D eigenvalue weighted by Crippen LogP contribution is 2.26. The monoisotopic (exact) mass is 341 g/mol. The summed E-state index contributed by atoms with van der Waals surface area (Å²) in [7, 11) is 1.62. The fourth-order valence-electron chi connectivity index (χ4n) is 1.84. The first-order valence-electron chi connectivity index (χ1n) is 6.11. The van der Waals surface area contributed by atoms with Crippen molar-refractivity contribution >= 4 is 21.6 Å². The Morgan fingerprint density at radius 1 is 1.15 bits per heavy atom.